The van der Waals surface area contributed by atoms with Crippen molar-refractivity contribution in [2.75, 3.05) is 19.7 Å². The number of nitrogens with zero attached hydrogens (tertiary/aromatic N) is 3. The molecule has 2 rings (SSSR count). The number of aryl methyl sites for hydroxylation is 1. The predicted molar refractivity (Wildman–Crippen MR) is 84.6 cm³/mol. The topological polar surface area (TPSA) is 63.7 Å². The molecule has 0 aromatic carbocycles. The van der Waals surface area contributed by atoms with Crippen LogP contribution in [0.15, 0.2) is 10.4 Å². The van der Waals surface area contributed by atoms with Crippen LogP contribution < -0.4 is 5.73 Å². The lowest BCUT2D eigenvalue weighted by molar-refractivity contribution is 0.00529. The second kappa shape index (κ2) is 7.25. The first-order valence-corrected chi connectivity index (χ1v) is 6.60. The molecule has 0 radical (unpaired) electrons. The first-order valence-electron chi connectivity index (χ1n) is 5.72. The highest BCUT2D eigenvalue weighted by atomic mass is 127. The van der Waals surface area contributed by atoms with Gasteiger partial charge in [-0.2, -0.15) is 0 Å². The molecule has 1 unspecified atom stereocenters. The fourth-order valence-corrected chi connectivity index (χ4v) is 2.45. The number of aliphatic imine (C=N–C) groups is 1. The molecule has 1 fully saturated rings. The zero-order chi connectivity index (χ0) is 12.3. The first kappa shape index (κ1) is 15.6. The van der Waals surface area contributed by atoms with E-state index in [1.807, 2.05) is 19.2 Å². The average Bonchev–Trinajstić information content (AvgIpc) is 2.72. The average molecular weight is 382 g/mol. The van der Waals surface area contributed by atoms with E-state index in [2.05, 4.69) is 14.9 Å². The van der Waals surface area contributed by atoms with Crippen molar-refractivity contribution in [2.45, 2.75) is 26.5 Å². The fourth-order valence-electron chi connectivity index (χ4n) is 1.75. The van der Waals surface area contributed by atoms with E-state index in [0.717, 1.165) is 23.8 Å². The van der Waals surface area contributed by atoms with Crippen molar-refractivity contribution in [3.05, 3.63) is 16.1 Å². The quantitative estimate of drug-likeness (QED) is 0.480. The third-order valence-electron chi connectivity index (χ3n) is 2.61. The molecule has 102 valence electrons. The Kier molecular flexibility index (Phi) is 6.30. The van der Waals surface area contributed by atoms with Gasteiger partial charge in [0.05, 0.1) is 19.3 Å². The van der Waals surface area contributed by atoms with E-state index < -0.39 is 0 Å². The maximum atomic E-state index is 5.96. The van der Waals surface area contributed by atoms with Gasteiger partial charge in [0.25, 0.3) is 0 Å². The van der Waals surface area contributed by atoms with Crippen LogP contribution in [0, 0.1) is 6.92 Å². The molecule has 0 spiro atoms. The maximum Gasteiger partial charge on any atom is 0.191 e. The van der Waals surface area contributed by atoms with Gasteiger partial charge in [-0.1, -0.05) is 0 Å². The summed E-state index contributed by atoms with van der Waals surface area (Å²) in [5.41, 5.74) is 7.00. The lowest BCUT2D eigenvalue weighted by Gasteiger charge is -2.31. The van der Waals surface area contributed by atoms with E-state index in [1.165, 1.54) is 0 Å². The Morgan fingerprint density at radius 2 is 2.50 bits per heavy atom. The summed E-state index contributed by atoms with van der Waals surface area (Å²) < 4.78 is 5.46. The third-order valence-corrected chi connectivity index (χ3v) is 3.56. The van der Waals surface area contributed by atoms with Gasteiger partial charge in [-0.15, -0.1) is 35.3 Å². The number of aromatic nitrogens is 1. The molecule has 0 aliphatic carbocycles. The number of thiazole rings is 1. The summed E-state index contributed by atoms with van der Waals surface area (Å²) in [4.78, 5) is 10.8. The van der Waals surface area contributed by atoms with Crippen molar-refractivity contribution >= 4 is 41.3 Å². The lowest BCUT2D eigenvalue weighted by Crippen LogP contribution is -2.47. The Labute approximate surface area is 128 Å². The predicted octanol–water partition coefficient (Wildman–Crippen LogP) is 1.60. The van der Waals surface area contributed by atoms with E-state index in [4.69, 9.17) is 10.5 Å². The molecular weight excluding hydrogens is 363 g/mol. The minimum Gasteiger partial charge on any atom is -0.375 e. The van der Waals surface area contributed by atoms with Crippen LogP contribution in [0.4, 0.5) is 0 Å². The summed E-state index contributed by atoms with van der Waals surface area (Å²) in [6.07, 6.45) is 0.222. The minimum absolute atomic E-state index is 0. The lowest BCUT2D eigenvalue weighted by atomic mass is 10.3. The normalized spacial score (nSPS) is 20.7. The number of halogens is 1. The summed E-state index contributed by atoms with van der Waals surface area (Å²) in [5.74, 6) is 0.591. The van der Waals surface area contributed by atoms with Crippen LogP contribution >= 0.6 is 35.3 Å². The maximum absolute atomic E-state index is 5.96. The smallest absolute Gasteiger partial charge is 0.191 e. The van der Waals surface area contributed by atoms with Crippen molar-refractivity contribution < 1.29 is 4.74 Å². The zero-order valence-corrected chi connectivity index (χ0v) is 13.8. The number of hydrogen-bond acceptors (Lipinski definition) is 4. The number of hydrogen-bond donors (Lipinski definition) is 1. The van der Waals surface area contributed by atoms with Crippen molar-refractivity contribution in [3.63, 3.8) is 0 Å². The Balaban J connectivity index is 0.00000162. The summed E-state index contributed by atoms with van der Waals surface area (Å²) in [6, 6.07) is 0. The molecule has 1 saturated heterocycles. The highest BCUT2D eigenvalue weighted by molar-refractivity contribution is 14.0. The third kappa shape index (κ3) is 4.36. The van der Waals surface area contributed by atoms with Crippen LogP contribution in [-0.4, -0.2) is 41.6 Å². The molecule has 1 atom stereocenters. The monoisotopic (exact) mass is 382 g/mol. The second-order valence-electron chi connectivity index (χ2n) is 4.18. The SMILES string of the molecule is Cc1csc(CN=C(N)N2CCOC(C)C2)n1.I. The molecule has 0 amide bonds. The Bertz CT molecular complexity index is 410. The van der Waals surface area contributed by atoms with Crippen molar-refractivity contribution in [3.8, 4) is 0 Å². The second-order valence-corrected chi connectivity index (χ2v) is 5.13. The van der Waals surface area contributed by atoms with Gasteiger partial charge in [0, 0.05) is 24.2 Å². The number of morpholine rings is 1. The molecule has 1 aromatic heterocycles. The van der Waals surface area contributed by atoms with Crippen LogP contribution in [0.2, 0.25) is 0 Å². The van der Waals surface area contributed by atoms with Gasteiger partial charge in [0.15, 0.2) is 5.96 Å². The molecule has 1 aliphatic rings. The van der Waals surface area contributed by atoms with Crippen molar-refractivity contribution in [2.24, 2.45) is 10.7 Å². The number of nitrogens with two attached hydrogens (primary N) is 1. The largest absolute Gasteiger partial charge is 0.375 e. The Morgan fingerprint density at radius 3 is 3.11 bits per heavy atom. The molecule has 5 nitrogen and oxygen atoms in total. The van der Waals surface area contributed by atoms with E-state index >= 15 is 0 Å². The zero-order valence-electron chi connectivity index (χ0n) is 10.6. The molecule has 0 saturated carbocycles. The molecule has 1 aliphatic heterocycles. The van der Waals surface area contributed by atoms with Gasteiger partial charge in [0.2, 0.25) is 0 Å². The van der Waals surface area contributed by atoms with E-state index in [9.17, 15) is 0 Å². The van der Waals surface area contributed by atoms with Gasteiger partial charge < -0.3 is 15.4 Å². The molecule has 18 heavy (non-hydrogen) atoms. The molecule has 2 N–H and O–H groups in total. The Morgan fingerprint density at radius 1 is 1.72 bits per heavy atom. The molecule has 2 heterocycles. The summed E-state index contributed by atoms with van der Waals surface area (Å²) in [6.45, 7) is 6.94. The van der Waals surface area contributed by atoms with Crippen LogP contribution in [0.3, 0.4) is 0 Å². The van der Waals surface area contributed by atoms with Crippen LogP contribution in [0.5, 0.6) is 0 Å². The van der Waals surface area contributed by atoms with Gasteiger partial charge in [-0.25, -0.2) is 9.98 Å². The molecular formula is C11H19IN4OS. The van der Waals surface area contributed by atoms with E-state index in [-0.39, 0.29) is 30.1 Å². The fraction of sp³-hybridized carbons (Fsp3) is 0.636. The van der Waals surface area contributed by atoms with Gasteiger partial charge in [-0.05, 0) is 13.8 Å². The van der Waals surface area contributed by atoms with Gasteiger partial charge in [0.1, 0.15) is 5.01 Å². The highest BCUT2D eigenvalue weighted by Crippen LogP contribution is 2.10. The van der Waals surface area contributed by atoms with Crippen molar-refractivity contribution in [1.29, 1.82) is 0 Å². The summed E-state index contributed by atoms with van der Waals surface area (Å²) in [5, 5.41) is 3.03. The van der Waals surface area contributed by atoms with Crippen LogP contribution in [-0.2, 0) is 11.3 Å². The van der Waals surface area contributed by atoms with Gasteiger partial charge >= 0.3 is 0 Å². The number of ether oxygens (including phenoxy) is 1. The van der Waals surface area contributed by atoms with E-state index in [0.29, 0.717) is 19.1 Å². The first-order chi connectivity index (χ1) is 8.15. The molecule has 7 heteroatoms. The highest BCUT2D eigenvalue weighted by Gasteiger charge is 2.17. The van der Waals surface area contributed by atoms with Gasteiger partial charge in [-0.3, -0.25) is 0 Å². The summed E-state index contributed by atoms with van der Waals surface area (Å²) >= 11 is 1.62. The standard InChI is InChI=1S/C11H18N4OS.HI/c1-8-7-17-10(14-8)5-13-11(12)15-3-4-16-9(2)6-15;/h7,9H,3-6H2,1-2H3,(H2,12,13);1H. The molecule has 1 aromatic rings. The van der Waals surface area contributed by atoms with Crippen LogP contribution in [0.25, 0.3) is 0 Å². The minimum atomic E-state index is 0. The van der Waals surface area contributed by atoms with Crippen molar-refractivity contribution in [1.82, 2.24) is 9.88 Å². The number of rotatable bonds is 2. The Hall–Kier alpha value is -0.410. The summed E-state index contributed by atoms with van der Waals surface area (Å²) in [7, 11) is 0. The van der Waals surface area contributed by atoms with Crippen LogP contribution in [0.1, 0.15) is 17.6 Å². The molecule has 0 bridgehead atoms. The number of guanidine groups is 1. The van der Waals surface area contributed by atoms with E-state index in [1.54, 1.807) is 11.3 Å².